The van der Waals surface area contributed by atoms with Crippen molar-refractivity contribution in [3.63, 3.8) is 0 Å². The van der Waals surface area contributed by atoms with Crippen molar-refractivity contribution in [3.8, 4) is 5.75 Å². The minimum absolute atomic E-state index is 0.0888. The first kappa shape index (κ1) is 22.1. The van der Waals surface area contributed by atoms with Crippen molar-refractivity contribution in [2.24, 2.45) is 0 Å². The van der Waals surface area contributed by atoms with Crippen molar-refractivity contribution in [1.29, 1.82) is 0 Å². The molecule has 0 saturated carbocycles. The number of hydrogen-bond donors (Lipinski definition) is 0. The molecule has 3 heterocycles. The molecule has 3 aromatic rings. The van der Waals surface area contributed by atoms with Gasteiger partial charge < -0.3 is 18.8 Å². The molecule has 2 aliphatic rings. The van der Waals surface area contributed by atoms with E-state index in [-0.39, 0.29) is 18.2 Å². The van der Waals surface area contributed by atoms with Crippen LogP contribution >= 0.6 is 15.9 Å². The number of oxazole rings is 1. The van der Waals surface area contributed by atoms with Crippen molar-refractivity contribution < 1.29 is 18.7 Å². The van der Waals surface area contributed by atoms with Crippen LogP contribution in [-0.4, -0.2) is 46.8 Å². The normalized spacial score (nSPS) is 20.4. The summed E-state index contributed by atoms with van der Waals surface area (Å²) >= 11 is 3.58. The van der Waals surface area contributed by atoms with Gasteiger partial charge in [0, 0.05) is 13.1 Å². The summed E-state index contributed by atoms with van der Waals surface area (Å²) in [7, 11) is 0. The molecule has 2 unspecified atom stereocenters. The maximum Gasteiger partial charge on any atom is 0.410 e. The molecular formula is C25H28BrN3O4. The first-order chi connectivity index (χ1) is 15.8. The monoisotopic (exact) mass is 513 g/mol. The Bertz CT molecular complexity index is 1140. The Balaban J connectivity index is 1.36. The highest BCUT2D eigenvalue weighted by atomic mass is 79.9. The topological polar surface area (TPSA) is 68.0 Å². The molecule has 0 aliphatic carbocycles. The molecule has 0 spiro atoms. The second kappa shape index (κ2) is 8.56. The standard InChI is InChI=1S/C25H28BrN3O4/c1-25(2,3)33-24(30)29-17-9-10-18(29)14-28(13-17)23-27-21-20(12-11-19(26)22(21)32-23)31-15-16-7-5-4-6-8-16/h4-8,11-12,17-18H,9-10,13-15H2,1-3H3. The second-order valence-electron chi connectivity index (χ2n) is 9.67. The van der Waals surface area contributed by atoms with Crippen LogP contribution in [0, 0.1) is 0 Å². The fraction of sp³-hybridized carbons (Fsp3) is 0.440. The summed E-state index contributed by atoms with van der Waals surface area (Å²) in [5, 5.41) is 0. The third kappa shape index (κ3) is 4.53. The van der Waals surface area contributed by atoms with Gasteiger partial charge in [-0.25, -0.2) is 4.79 Å². The number of carbonyl (C=O) groups is 1. The van der Waals surface area contributed by atoms with E-state index in [1.807, 2.05) is 68.1 Å². The Hall–Kier alpha value is -2.74. The van der Waals surface area contributed by atoms with Crippen LogP contribution in [0.1, 0.15) is 39.2 Å². The van der Waals surface area contributed by atoms with Crippen molar-refractivity contribution in [1.82, 2.24) is 9.88 Å². The molecule has 8 heteroatoms. The lowest BCUT2D eigenvalue weighted by atomic mass is 10.2. The van der Waals surface area contributed by atoms with Crippen LogP contribution in [0.3, 0.4) is 0 Å². The first-order valence-electron chi connectivity index (χ1n) is 11.3. The highest BCUT2D eigenvalue weighted by Gasteiger charge is 2.45. The van der Waals surface area contributed by atoms with Gasteiger partial charge in [0.05, 0.1) is 16.6 Å². The lowest BCUT2D eigenvalue weighted by Gasteiger charge is -2.40. The van der Waals surface area contributed by atoms with E-state index in [9.17, 15) is 4.79 Å². The maximum atomic E-state index is 12.8. The number of carbonyl (C=O) groups excluding carboxylic acids is 1. The number of benzene rings is 2. The van der Waals surface area contributed by atoms with E-state index < -0.39 is 5.60 Å². The minimum atomic E-state index is -0.504. The minimum Gasteiger partial charge on any atom is -0.486 e. The van der Waals surface area contributed by atoms with Gasteiger partial charge >= 0.3 is 6.09 Å². The SMILES string of the molecule is CC(C)(C)OC(=O)N1C2CCC1CN(c1nc3c(OCc4ccccc4)ccc(Br)c3o1)C2. The van der Waals surface area contributed by atoms with Crippen LogP contribution in [0.5, 0.6) is 5.75 Å². The molecule has 33 heavy (non-hydrogen) atoms. The van der Waals surface area contributed by atoms with Gasteiger partial charge in [0.1, 0.15) is 18.0 Å². The zero-order valence-corrected chi connectivity index (χ0v) is 20.7. The molecule has 1 amide bonds. The highest BCUT2D eigenvalue weighted by Crippen LogP contribution is 2.38. The largest absolute Gasteiger partial charge is 0.486 e. The number of hydrogen-bond acceptors (Lipinski definition) is 6. The number of nitrogens with zero attached hydrogens (tertiary/aromatic N) is 3. The predicted molar refractivity (Wildman–Crippen MR) is 130 cm³/mol. The van der Waals surface area contributed by atoms with E-state index in [0.29, 0.717) is 42.6 Å². The first-order valence-corrected chi connectivity index (χ1v) is 12.1. The molecule has 0 N–H and O–H groups in total. The lowest BCUT2D eigenvalue weighted by molar-refractivity contribution is 0.0120. The summed E-state index contributed by atoms with van der Waals surface area (Å²) in [6.45, 7) is 7.49. The molecule has 2 fully saturated rings. The summed E-state index contributed by atoms with van der Waals surface area (Å²) in [5.74, 6) is 0.683. The van der Waals surface area contributed by atoms with Gasteiger partial charge in [-0.3, -0.25) is 4.90 Å². The average Bonchev–Trinajstić information content (AvgIpc) is 3.33. The lowest BCUT2D eigenvalue weighted by Crippen LogP contribution is -2.56. The smallest absolute Gasteiger partial charge is 0.410 e. The summed E-state index contributed by atoms with van der Waals surface area (Å²) in [5.41, 5.74) is 1.94. The summed E-state index contributed by atoms with van der Waals surface area (Å²) in [6, 6.07) is 14.6. The second-order valence-corrected chi connectivity index (χ2v) is 10.5. The van der Waals surface area contributed by atoms with Crippen molar-refractivity contribution in [3.05, 3.63) is 52.5 Å². The Morgan fingerprint density at radius 3 is 2.48 bits per heavy atom. The molecule has 2 atom stereocenters. The number of amides is 1. The molecule has 2 saturated heterocycles. The van der Waals surface area contributed by atoms with Gasteiger partial charge in [0.15, 0.2) is 11.1 Å². The highest BCUT2D eigenvalue weighted by molar-refractivity contribution is 9.10. The van der Waals surface area contributed by atoms with Gasteiger partial charge in [-0.2, -0.15) is 4.98 Å². The van der Waals surface area contributed by atoms with Crippen molar-refractivity contribution in [2.75, 3.05) is 18.0 Å². The van der Waals surface area contributed by atoms with Gasteiger partial charge in [-0.05, 0) is 67.2 Å². The Labute approximate surface area is 201 Å². The van der Waals surface area contributed by atoms with Crippen LogP contribution in [0.25, 0.3) is 11.1 Å². The van der Waals surface area contributed by atoms with E-state index in [1.54, 1.807) is 0 Å². The quantitative estimate of drug-likeness (QED) is 0.441. The molecular weight excluding hydrogens is 486 g/mol. The molecule has 1 aromatic heterocycles. The van der Waals surface area contributed by atoms with Crippen LogP contribution in [0.15, 0.2) is 51.4 Å². The van der Waals surface area contributed by atoms with E-state index in [0.717, 1.165) is 22.9 Å². The van der Waals surface area contributed by atoms with E-state index in [4.69, 9.17) is 18.9 Å². The number of rotatable bonds is 4. The number of halogens is 1. The van der Waals surface area contributed by atoms with Crippen molar-refractivity contribution in [2.45, 2.75) is 57.9 Å². The molecule has 2 aliphatic heterocycles. The van der Waals surface area contributed by atoms with Crippen LogP contribution < -0.4 is 9.64 Å². The summed E-state index contributed by atoms with van der Waals surface area (Å²) < 4.78 is 18.7. The molecule has 5 rings (SSSR count). The van der Waals surface area contributed by atoms with Gasteiger partial charge in [-0.15, -0.1) is 0 Å². The van der Waals surface area contributed by atoms with Gasteiger partial charge in [0.2, 0.25) is 0 Å². The maximum absolute atomic E-state index is 12.8. The molecule has 174 valence electrons. The zero-order chi connectivity index (χ0) is 23.2. The van der Waals surface area contributed by atoms with Crippen LogP contribution in [-0.2, 0) is 11.3 Å². The number of aromatic nitrogens is 1. The van der Waals surface area contributed by atoms with E-state index in [1.165, 1.54) is 0 Å². The molecule has 7 nitrogen and oxygen atoms in total. The number of anilines is 1. The number of fused-ring (bicyclic) bond motifs is 3. The van der Waals surface area contributed by atoms with Crippen molar-refractivity contribution >= 4 is 39.1 Å². The van der Waals surface area contributed by atoms with Gasteiger partial charge in [0.25, 0.3) is 6.01 Å². The molecule has 2 aromatic carbocycles. The third-order valence-electron chi connectivity index (χ3n) is 6.04. The average molecular weight is 514 g/mol. The van der Waals surface area contributed by atoms with Crippen LogP contribution in [0.4, 0.5) is 10.8 Å². The predicted octanol–water partition coefficient (Wildman–Crippen LogP) is 5.76. The Kier molecular flexibility index (Phi) is 5.72. The Morgan fingerprint density at radius 1 is 1.12 bits per heavy atom. The van der Waals surface area contributed by atoms with Crippen LogP contribution in [0.2, 0.25) is 0 Å². The van der Waals surface area contributed by atoms with E-state index >= 15 is 0 Å². The number of ether oxygens (including phenoxy) is 2. The molecule has 0 radical (unpaired) electrons. The Morgan fingerprint density at radius 2 is 1.82 bits per heavy atom. The fourth-order valence-corrected chi connectivity index (χ4v) is 5.00. The third-order valence-corrected chi connectivity index (χ3v) is 6.67. The zero-order valence-electron chi connectivity index (χ0n) is 19.1. The summed E-state index contributed by atoms with van der Waals surface area (Å²) in [6.07, 6.45) is 1.68. The molecule has 2 bridgehead atoms. The van der Waals surface area contributed by atoms with E-state index in [2.05, 4.69) is 20.8 Å². The number of piperazine rings is 1. The summed E-state index contributed by atoms with van der Waals surface area (Å²) in [4.78, 5) is 21.6. The van der Waals surface area contributed by atoms with Gasteiger partial charge in [-0.1, -0.05) is 30.3 Å². The fourth-order valence-electron chi connectivity index (χ4n) is 4.60.